The van der Waals surface area contributed by atoms with Gasteiger partial charge < -0.3 is 10.1 Å². The van der Waals surface area contributed by atoms with Gasteiger partial charge in [0.1, 0.15) is 11.6 Å². The van der Waals surface area contributed by atoms with Gasteiger partial charge in [-0.15, -0.1) is 0 Å². The predicted molar refractivity (Wildman–Crippen MR) is 112 cm³/mol. The Balaban J connectivity index is 2.38. The molecular weight excluding hydrogens is 419 g/mol. The van der Waals surface area contributed by atoms with Crippen molar-refractivity contribution in [3.8, 4) is 5.75 Å². The van der Waals surface area contributed by atoms with Crippen molar-refractivity contribution in [2.75, 3.05) is 25.5 Å². The van der Waals surface area contributed by atoms with Gasteiger partial charge in [0.2, 0.25) is 10.0 Å². The summed E-state index contributed by atoms with van der Waals surface area (Å²) >= 11 is 5.95. The van der Waals surface area contributed by atoms with Gasteiger partial charge in [0.05, 0.1) is 23.3 Å². The van der Waals surface area contributed by atoms with Gasteiger partial charge in [-0.1, -0.05) is 31.9 Å². The minimum absolute atomic E-state index is 0.139. The first-order valence-electron chi connectivity index (χ1n) is 9.19. The number of unbranched alkanes of at least 4 members (excludes halogenated alkanes) is 1. The maximum Gasteiger partial charge on any atom is 0.258 e. The third kappa shape index (κ3) is 5.46. The first-order valence-corrected chi connectivity index (χ1v) is 11.0. The number of carbonyl (C=O) groups is 1. The number of ether oxygens (including phenoxy) is 1. The fourth-order valence-electron chi connectivity index (χ4n) is 2.74. The number of hydrogen-bond donors (Lipinski definition) is 1. The molecule has 0 radical (unpaired) electrons. The number of sulfonamides is 1. The average molecular weight is 443 g/mol. The Kier molecular flexibility index (Phi) is 8.01. The number of nitrogens with zero attached hydrogens (tertiary/aromatic N) is 1. The smallest absolute Gasteiger partial charge is 0.258 e. The molecule has 29 heavy (non-hydrogen) atoms. The van der Waals surface area contributed by atoms with Crippen LogP contribution in [0.4, 0.5) is 10.1 Å². The zero-order chi connectivity index (χ0) is 21.6. The second kappa shape index (κ2) is 10.0. The van der Waals surface area contributed by atoms with E-state index in [9.17, 15) is 17.6 Å². The third-order valence-electron chi connectivity index (χ3n) is 4.34. The van der Waals surface area contributed by atoms with E-state index in [1.807, 2.05) is 6.92 Å². The normalized spacial score (nSPS) is 11.5. The van der Waals surface area contributed by atoms with Gasteiger partial charge in [0, 0.05) is 18.1 Å². The standard InChI is InChI=1S/C20H24ClFN2O4S/c1-4-6-11-24(5-2)29(26,27)15-8-9-17(22)16(13-15)20(25)23-18-12-14(21)7-10-19(18)28-3/h7-10,12-13H,4-6,11H2,1-3H3,(H,23,25). The molecule has 0 bridgehead atoms. The van der Waals surface area contributed by atoms with Crippen LogP contribution in [0.5, 0.6) is 5.75 Å². The first-order chi connectivity index (χ1) is 13.7. The Morgan fingerprint density at radius 2 is 1.93 bits per heavy atom. The van der Waals surface area contributed by atoms with Gasteiger partial charge in [-0.05, 0) is 42.8 Å². The summed E-state index contributed by atoms with van der Waals surface area (Å²) in [4.78, 5) is 12.5. The molecule has 0 aliphatic rings. The van der Waals surface area contributed by atoms with Gasteiger partial charge in [-0.3, -0.25) is 4.79 Å². The molecule has 0 aliphatic carbocycles. The van der Waals surface area contributed by atoms with Gasteiger partial charge in [-0.2, -0.15) is 4.31 Å². The van der Waals surface area contributed by atoms with E-state index in [4.69, 9.17) is 16.3 Å². The van der Waals surface area contributed by atoms with Crippen LogP contribution in [-0.4, -0.2) is 38.8 Å². The molecule has 0 fully saturated rings. The average Bonchev–Trinajstić information content (AvgIpc) is 2.68. The summed E-state index contributed by atoms with van der Waals surface area (Å²) in [5.41, 5.74) is -0.143. The molecule has 6 nitrogen and oxygen atoms in total. The first kappa shape index (κ1) is 23.1. The van der Waals surface area contributed by atoms with Crippen molar-refractivity contribution >= 4 is 33.2 Å². The second-order valence-corrected chi connectivity index (χ2v) is 8.67. The Hall–Kier alpha value is -2.16. The summed E-state index contributed by atoms with van der Waals surface area (Å²) in [7, 11) is -2.43. The minimum Gasteiger partial charge on any atom is -0.495 e. The molecule has 0 unspecified atom stereocenters. The zero-order valence-electron chi connectivity index (χ0n) is 16.5. The molecular formula is C20H24ClFN2O4S. The summed E-state index contributed by atoms with van der Waals surface area (Å²) in [5, 5.41) is 2.87. The summed E-state index contributed by atoms with van der Waals surface area (Å²) in [6.45, 7) is 4.33. The minimum atomic E-state index is -3.85. The van der Waals surface area contributed by atoms with Crippen LogP contribution in [0.2, 0.25) is 5.02 Å². The molecule has 1 N–H and O–H groups in total. The lowest BCUT2D eigenvalue weighted by atomic mass is 10.2. The zero-order valence-corrected chi connectivity index (χ0v) is 18.1. The third-order valence-corrected chi connectivity index (χ3v) is 6.55. The quantitative estimate of drug-likeness (QED) is 0.618. The Labute approximate surface area is 175 Å². The van der Waals surface area contributed by atoms with E-state index in [-0.39, 0.29) is 22.7 Å². The number of rotatable bonds is 9. The molecule has 0 spiro atoms. The lowest BCUT2D eigenvalue weighted by Gasteiger charge is -2.20. The molecule has 0 heterocycles. The van der Waals surface area contributed by atoms with Gasteiger partial charge in [0.15, 0.2) is 0 Å². The van der Waals surface area contributed by atoms with E-state index in [2.05, 4.69) is 5.32 Å². The SMILES string of the molecule is CCCCN(CC)S(=O)(=O)c1ccc(F)c(C(=O)Nc2cc(Cl)ccc2OC)c1. The van der Waals surface area contributed by atoms with Crippen molar-refractivity contribution in [3.05, 3.63) is 52.8 Å². The largest absolute Gasteiger partial charge is 0.495 e. The molecule has 9 heteroatoms. The maximum absolute atomic E-state index is 14.3. The Bertz CT molecular complexity index is 982. The number of methoxy groups -OCH3 is 1. The number of nitrogens with one attached hydrogen (secondary N) is 1. The summed E-state index contributed by atoms with van der Waals surface area (Å²) in [6, 6.07) is 7.79. The van der Waals surface area contributed by atoms with E-state index in [1.165, 1.54) is 17.5 Å². The molecule has 158 valence electrons. The van der Waals surface area contributed by atoms with Crippen molar-refractivity contribution < 1.29 is 22.3 Å². The molecule has 2 aromatic rings. The highest BCUT2D eigenvalue weighted by atomic mass is 35.5. The number of carbonyl (C=O) groups excluding carboxylic acids is 1. The van der Waals surface area contributed by atoms with Crippen LogP contribution in [0.15, 0.2) is 41.3 Å². The molecule has 0 saturated heterocycles. The van der Waals surface area contributed by atoms with Crippen LogP contribution in [-0.2, 0) is 10.0 Å². The van der Waals surface area contributed by atoms with Crippen LogP contribution in [0.25, 0.3) is 0 Å². The lowest BCUT2D eigenvalue weighted by molar-refractivity contribution is 0.102. The summed E-state index contributed by atoms with van der Waals surface area (Å²) in [5.74, 6) is -1.31. The number of anilines is 1. The molecule has 0 aromatic heterocycles. The maximum atomic E-state index is 14.3. The van der Waals surface area contributed by atoms with Crippen molar-refractivity contribution in [2.45, 2.75) is 31.6 Å². The highest BCUT2D eigenvalue weighted by molar-refractivity contribution is 7.89. The Morgan fingerprint density at radius 1 is 1.21 bits per heavy atom. The summed E-state index contributed by atoms with van der Waals surface area (Å²) < 4.78 is 46.6. The van der Waals surface area contributed by atoms with Crippen LogP contribution >= 0.6 is 11.6 Å². The second-order valence-electron chi connectivity index (χ2n) is 6.29. The van der Waals surface area contributed by atoms with E-state index < -0.39 is 21.7 Å². The van der Waals surface area contributed by atoms with Crippen molar-refractivity contribution in [1.82, 2.24) is 4.31 Å². The van der Waals surface area contributed by atoms with Crippen molar-refractivity contribution in [2.24, 2.45) is 0 Å². The molecule has 0 saturated carbocycles. The number of halogens is 2. The molecule has 2 aromatic carbocycles. The van der Waals surface area contributed by atoms with Gasteiger partial charge in [-0.25, -0.2) is 12.8 Å². The van der Waals surface area contributed by atoms with Crippen molar-refractivity contribution in [1.29, 1.82) is 0 Å². The van der Waals surface area contributed by atoms with E-state index in [0.717, 1.165) is 24.6 Å². The van der Waals surface area contributed by atoms with E-state index in [0.29, 0.717) is 23.7 Å². The number of amides is 1. The molecule has 0 atom stereocenters. The van der Waals surface area contributed by atoms with Crippen LogP contribution in [0, 0.1) is 5.82 Å². The van der Waals surface area contributed by atoms with Gasteiger partial charge >= 0.3 is 0 Å². The Morgan fingerprint density at radius 3 is 2.55 bits per heavy atom. The van der Waals surface area contributed by atoms with E-state index >= 15 is 0 Å². The lowest BCUT2D eigenvalue weighted by Crippen LogP contribution is -2.32. The molecule has 2 rings (SSSR count). The summed E-state index contributed by atoms with van der Waals surface area (Å²) in [6.07, 6.45) is 1.54. The van der Waals surface area contributed by atoms with Crippen LogP contribution in [0.1, 0.15) is 37.0 Å². The molecule has 1 amide bonds. The highest BCUT2D eigenvalue weighted by Gasteiger charge is 2.25. The van der Waals surface area contributed by atoms with E-state index in [1.54, 1.807) is 19.1 Å². The van der Waals surface area contributed by atoms with Crippen LogP contribution in [0.3, 0.4) is 0 Å². The number of benzene rings is 2. The predicted octanol–water partition coefficient (Wildman–Crippen LogP) is 4.55. The van der Waals surface area contributed by atoms with Crippen LogP contribution < -0.4 is 10.1 Å². The fraction of sp³-hybridized carbons (Fsp3) is 0.350. The molecule has 0 aliphatic heterocycles. The monoisotopic (exact) mass is 442 g/mol. The topological polar surface area (TPSA) is 75.7 Å². The number of hydrogen-bond acceptors (Lipinski definition) is 4. The fourth-order valence-corrected chi connectivity index (χ4v) is 4.42. The van der Waals surface area contributed by atoms with Gasteiger partial charge in [0.25, 0.3) is 5.91 Å². The highest BCUT2D eigenvalue weighted by Crippen LogP contribution is 2.29. The van der Waals surface area contributed by atoms with Crippen molar-refractivity contribution in [3.63, 3.8) is 0 Å².